The van der Waals surface area contributed by atoms with Gasteiger partial charge in [0.15, 0.2) is 0 Å². The molecule has 0 aliphatic carbocycles. The minimum atomic E-state index is -4.32. The summed E-state index contributed by atoms with van der Waals surface area (Å²) < 4.78 is 37.3. The van der Waals surface area contributed by atoms with Crippen molar-refractivity contribution in [1.29, 1.82) is 0 Å². The molecule has 18 heavy (non-hydrogen) atoms. The molecule has 1 unspecified atom stereocenters. The summed E-state index contributed by atoms with van der Waals surface area (Å²) >= 11 is 0. The van der Waals surface area contributed by atoms with E-state index in [4.69, 9.17) is 5.73 Å². The molecule has 0 saturated carbocycles. The molecule has 6 heteroatoms. The van der Waals surface area contributed by atoms with E-state index in [-0.39, 0.29) is 5.92 Å². The average Bonchev–Trinajstić information content (AvgIpc) is 2.28. The number of benzene rings is 1. The Labute approximate surface area is 102 Å². The van der Waals surface area contributed by atoms with Crippen molar-refractivity contribution in [3.05, 3.63) is 35.4 Å². The lowest BCUT2D eigenvalue weighted by atomic mass is 9.94. The maximum Gasteiger partial charge on any atom is 0.416 e. The second-order valence-electron chi connectivity index (χ2n) is 4.26. The number of nitrogens with two attached hydrogens (primary N) is 1. The third-order valence-corrected chi connectivity index (χ3v) is 2.78. The highest BCUT2D eigenvalue weighted by atomic mass is 19.4. The zero-order valence-electron chi connectivity index (χ0n) is 9.70. The largest absolute Gasteiger partial charge is 0.416 e. The van der Waals surface area contributed by atoms with Gasteiger partial charge in [-0.2, -0.15) is 18.3 Å². The van der Waals surface area contributed by atoms with Crippen molar-refractivity contribution < 1.29 is 13.2 Å². The van der Waals surface area contributed by atoms with Gasteiger partial charge in [0.25, 0.3) is 0 Å². The molecule has 1 atom stereocenters. The molecule has 0 fully saturated rings. The molecule has 1 aromatic rings. The summed E-state index contributed by atoms with van der Waals surface area (Å²) in [6.45, 7) is 1.91. The zero-order valence-corrected chi connectivity index (χ0v) is 9.70. The van der Waals surface area contributed by atoms with Gasteiger partial charge in [-0.1, -0.05) is 19.1 Å². The molecule has 0 saturated heterocycles. The Bertz CT molecular complexity index is 500. The van der Waals surface area contributed by atoms with Gasteiger partial charge in [-0.25, -0.2) is 0 Å². The van der Waals surface area contributed by atoms with E-state index >= 15 is 0 Å². The number of hydrogen-bond acceptors (Lipinski definition) is 3. The fraction of sp³-hybridized carbons (Fsp3) is 0.333. The van der Waals surface area contributed by atoms with E-state index in [9.17, 15) is 13.2 Å². The van der Waals surface area contributed by atoms with Crippen molar-refractivity contribution in [1.82, 2.24) is 0 Å². The first-order valence-electron chi connectivity index (χ1n) is 5.45. The van der Waals surface area contributed by atoms with E-state index in [1.54, 1.807) is 0 Å². The number of rotatable bonds is 1. The van der Waals surface area contributed by atoms with Gasteiger partial charge in [0.2, 0.25) is 0 Å². The van der Waals surface area contributed by atoms with Crippen molar-refractivity contribution in [3.63, 3.8) is 0 Å². The summed E-state index contributed by atoms with van der Waals surface area (Å²) in [5.74, 6) is 0.498. The van der Waals surface area contributed by atoms with Crippen LogP contribution in [0.15, 0.2) is 34.5 Å². The molecular weight excluding hydrogens is 243 g/mol. The summed E-state index contributed by atoms with van der Waals surface area (Å²) in [5.41, 5.74) is 6.18. The van der Waals surface area contributed by atoms with Gasteiger partial charge in [-0.15, -0.1) is 5.10 Å². The second-order valence-corrected chi connectivity index (χ2v) is 4.26. The summed E-state index contributed by atoms with van der Waals surface area (Å²) in [7, 11) is 0. The van der Waals surface area contributed by atoms with Crippen LogP contribution in [0.5, 0.6) is 0 Å². The van der Waals surface area contributed by atoms with Crippen LogP contribution in [0.1, 0.15) is 24.5 Å². The smallest absolute Gasteiger partial charge is 0.386 e. The van der Waals surface area contributed by atoms with Crippen molar-refractivity contribution in [2.24, 2.45) is 21.9 Å². The number of halogens is 3. The normalized spacial score (nSPS) is 20.3. The van der Waals surface area contributed by atoms with E-state index in [1.165, 1.54) is 12.1 Å². The van der Waals surface area contributed by atoms with Crippen LogP contribution in [0, 0.1) is 5.92 Å². The zero-order chi connectivity index (χ0) is 13.3. The predicted molar refractivity (Wildman–Crippen MR) is 63.4 cm³/mol. The first-order valence-corrected chi connectivity index (χ1v) is 5.45. The number of nitrogens with zero attached hydrogens (tertiary/aromatic N) is 2. The molecular formula is C12H12F3N3. The first kappa shape index (κ1) is 12.6. The van der Waals surface area contributed by atoms with Gasteiger partial charge < -0.3 is 5.73 Å². The minimum Gasteiger partial charge on any atom is -0.386 e. The summed E-state index contributed by atoms with van der Waals surface area (Å²) in [4.78, 5) is 0. The van der Waals surface area contributed by atoms with Crippen molar-refractivity contribution in [3.8, 4) is 0 Å². The molecule has 2 rings (SSSR count). The molecule has 1 aliphatic heterocycles. The molecule has 0 aromatic heterocycles. The number of amidine groups is 1. The van der Waals surface area contributed by atoms with Crippen LogP contribution >= 0.6 is 0 Å². The maximum absolute atomic E-state index is 12.4. The van der Waals surface area contributed by atoms with Gasteiger partial charge >= 0.3 is 6.18 Å². The van der Waals surface area contributed by atoms with Crippen LogP contribution in [-0.4, -0.2) is 11.5 Å². The molecule has 96 valence electrons. The molecule has 3 nitrogen and oxygen atoms in total. The standard InChI is InChI=1S/C12H12F3N3/c1-7-6-10(16)17-18-11(7)8-2-4-9(5-3-8)12(13,14)15/h2-5,7H,6H2,1H3,(H2,16,17). The van der Waals surface area contributed by atoms with E-state index in [0.717, 1.165) is 12.1 Å². The highest BCUT2D eigenvalue weighted by Gasteiger charge is 2.30. The Morgan fingerprint density at radius 2 is 1.78 bits per heavy atom. The fourth-order valence-corrected chi connectivity index (χ4v) is 1.84. The lowest BCUT2D eigenvalue weighted by Gasteiger charge is -2.17. The van der Waals surface area contributed by atoms with Crippen LogP contribution in [0.2, 0.25) is 0 Å². The Morgan fingerprint density at radius 1 is 1.17 bits per heavy atom. The Balaban J connectivity index is 2.31. The van der Waals surface area contributed by atoms with Crippen LogP contribution in [0.3, 0.4) is 0 Å². The Hall–Kier alpha value is -1.85. The van der Waals surface area contributed by atoms with Gasteiger partial charge in [0.05, 0.1) is 11.3 Å². The predicted octanol–water partition coefficient (Wildman–Crippen LogP) is 2.81. The van der Waals surface area contributed by atoms with E-state index in [1.807, 2.05) is 6.92 Å². The van der Waals surface area contributed by atoms with Gasteiger partial charge in [-0.3, -0.25) is 0 Å². The summed E-state index contributed by atoms with van der Waals surface area (Å²) in [6, 6.07) is 4.92. The quantitative estimate of drug-likeness (QED) is 0.824. The first-order chi connectivity index (χ1) is 8.38. The molecule has 2 N–H and O–H groups in total. The lowest BCUT2D eigenvalue weighted by molar-refractivity contribution is -0.137. The highest BCUT2D eigenvalue weighted by molar-refractivity contribution is 6.05. The maximum atomic E-state index is 12.4. The molecule has 0 bridgehead atoms. The fourth-order valence-electron chi connectivity index (χ4n) is 1.84. The van der Waals surface area contributed by atoms with Crippen molar-refractivity contribution in [2.75, 3.05) is 0 Å². The van der Waals surface area contributed by atoms with E-state index in [2.05, 4.69) is 10.2 Å². The van der Waals surface area contributed by atoms with Gasteiger partial charge in [0.1, 0.15) is 5.84 Å². The van der Waals surface area contributed by atoms with Crippen LogP contribution in [-0.2, 0) is 6.18 Å². The van der Waals surface area contributed by atoms with Crippen LogP contribution < -0.4 is 5.73 Å². The highest BCUT2D eigenvalue weighted by Crippen LogP contribution is 2.29. The van der Waals surface area contributed by atoms with Gasteiger partial charge in [0, 0.05) is 12.3 Å². The third-order valence-electron chi connectivity index (χ3n) is 2.78. The third kappa shape index (κ3) is 2.52. The Kier molecular flexibility index (Phi) is 3.11. The molecule has 1 heterocycles. The number of alkyl halides is 3. The van der Waals surface area contributed by atoms with E-state index in [0.29, 0.717) is 23.5 Å². The second kappa shape index (κ2) is 4.44. The Morgan fingerprint density at radius 3 is 2.28 bits per heavy atom. The molecule has 0 amide bonds. The van der Waals surface area contributed by atoms with Gasteiger partial charge in [-0.05, 0) is 17.7 Å². The van der Waals surface area contributed by atoms with Crippen LogP contribution in [0.25, 0.3) is 0 Å². The molecule has 0 radical (unpaired) electrons. The molecule has 1 aliphatic rings. The average molecular weight is 255 g/mol. The van der Waals surface area contributed by atoms with E-state index < -0.39 is 11.7 Å². The van der Waals surface area contributed by atoms with Crippen LogP contribution in [0.4, 0.5) is 13.2 Å². The summed E-state index contributed by atoms with van der Waals surface area (Å²) in [5, 5.41) is 7.72. The van der Waals surface area contributed by atoms with Crippen molar-refractivity contribution in [2.45, 2.75) is 19.5 Å². The monoisotopic (exact) mass is 255 g/mol. The molecule has 1 aromatic carbocycles. The topological polar surface area (TPSA) is 50.7 Å². The lowest BCUT2D eigenvalue weighted by Crippen LogP contribution is -2.25. The molecule has 0 spiro atoms. The van der Waals surface area contributed by atoms with Crippen molar-refractivity contribution >= 4 is 11.5 Å². The minimum absolute atomic E-state index is 0.0548. The SMILES string of the molecule is CC1CC(N)=NN=C1c1ccc(C(F)(F)F)cc1. The number of hydrogen-bond donors (Lipinski definition) is 1. The summed E-state index contributed by atoms with van der Waals surface area (Å²) in [6.07, 6.45) is -3.75.